The van der Waals surface area contributed by atoms with Gasteiger partial charge in [-0.15, -0.1) is 0 Å². The van der Waals surface area contributed by atoms with Gasteiger partial charge in [-0.2, -0.15) is 0 Å². The summed E-state index contributed by atoms with van der Waals surface area (Å²) in [7, 11) is 0. The van der Waals surface area contributed by atoms with E-state index in [9.17, 15) is 4.79 Å². The van der Waals surface area contributed by atoms with Crippen molar-refractivity contribution in [3.8, 4) is 0 Å². The van der Waals surface area contributed by atoms with Crippen molar-refractivity contribution in [3.05, 3.63) is 0 Å². The van der Waals surface area contributed by atoms with Crippen LogP contribution in [0.25, 0.3) is 0 Å². The summed E-state index contributed by atoms with van der Waals surface area (Å²) in [5, 5.41) is 0. The van der Waals surface area contributed by atoms with Crippen molar-refractivity contribution in [2.24, 2.45) is 23.2 Å². The molecule has 1 fully saturated rings. The van der Waals surface area contributed by atoms with Gasteiger partial charge in [0, 0.05) is 6.92 Å². The summed E-state index contributed by atoms with van der Waals surface area (Å²) in [5.74, 6) is 1.76. The van der Waals surface area contributed by atoms with Crippen LogP contribution in [0.2, 0.25) is 0 Å². The van der Waals surface area contributed by atoms with Crippen LogP contribution in [-0.4, -0.2) is 12.6 Å². The minimum atomic E-state index is -0.158. The average Bonchev–Trinajstić information content (AvgIpc) is 2.26. The van der Waals surface area contributed by atoms with Crippen LogP contribution >= 0.6 is 0 Å². The van der Waals surface area contributed by atoms with Gasteiger partial charge >= 0.3 is 5.97 Å². The van der Waals surface area contributed by atoms with Crippen LogP contribution in [0, 0.1) is 23.2 Å². The number of esters is 1. The second kappa shape index (κ2) is 3.92. The van der Waals surface area contributed by atoms with E-state index in [1.54, 1.807) is 0 Å². The van der Waals surface area contributed by atoms with Crippen LogP contribution in [-0.2, 0) is 9.53 Å². The van der Waals surface area contributed by atoms with E-state index in [1.165, 1.54) is 13.3 Å². The molecule has 14 heavy (non-hydrogen) atoms. The number of ether oxygens (including phenoxy) is 1. The van der Waals surface area contributed by atoms with Crippen LogP contribution in [0.5, 0.6) is 0 Å². The Labute approximate surface area is 87.0 Å². The van der Waals surface area contributed by atoms with Crippen LogP contribution in [0.1, 0.15) is 41.0 Å². The van der Waals surface area contributed by atoms with Gasteiger partial charge in [-0.1, -0.05) is 27.7 Å². The highest BCUT2D eigenvalue weighted by Gasteiger charge is 2.43. The van der Waals surface area contributed by atoms with Crippen molar-refractivity contribution >= 4 is 5.97 Å². The molecule has 82 valence electrons. The minimum absolute atomic E-state index is 0.158. The Morgan fingerprint density at radius 3 is 2.36 bits per heavy atom. The quantitative estimate of drug-likeness (QED) is 0.638. The highest BCUT2D eigenvalue weighted by atomic mass is 16.5. The van der Waals surface area contributed by atoms with E-state index in [2.05, 4.69) is 27.7 Å². The standard InChI is InChI=1S/C12H22O2/c1-8-9(2)12(4,5)6-11(8)7-14-10(3)13/h8-9,11H,6-7H2,1-5H3/t8-,9-,11+/m1/s1. The molecule has 0 aromatic heterocycles. The number of carbonyl (C=O) groups is 1. The third-order valence-electron chi connectivity index (χ3n) is 4.05. The highest BCUT2D eigenvalue weighted by Crippen LogP contribution is 2.49. The lowest BCUT2D eigenvalue weighted by molar-refractivity contribution is -0.142. The molecule has 0 spiro atoms. The number of hydrogen-bond acceptors (Lipinski definition) is 2. The topological polar surface area (TPSA) is 26.3 Å². The zero-order valence-corrected chi connectivity index (χ0v) is 9.96. The van der Waals surface area contributed by atoms with Gasteiger partial charge in [0.1, 0.15) is 0 Å². The SMILES string of the molecule is CC(=O)OC[C@@H]1CC(C)(C)[C@H](C)[C@H]1C. The summed E-state index contributed by atoms with van der Waals surface area (Å²) in [6.45, 7) is 11.3. The maximum Gasteiger partial charge on any atom is 0.302 e. The molecule has 1 aliphatic rings. The van der Waals surface area contributed by atoms with Gasteiger partial charge in [0.05, 0.1) is 6.61 Å². The van der Waals surface area contributed by atoms with E-state index in [1.807, 2.05) is 0 Å². The number of carbonyl (C=O) groups excluding carboxylic acids is 1. The zero-order chi connectivity index (χ0) is 10.9. The molecule has 2 heteroatoms. The minimum Gasteiger partial charge on any atom is -0.466 e. The molecule has 0 bridgehead atoms. The van der Waals surface area contributed by atoms with Gasteiger partial charge in [-0.3, -0.25) is 4.79 Å². The smallest absolute Gasteiger partial charge is 0.302 e. The summed E-state index contributed by atoms with van der Waals surface area (Å²) >= 11 is 0. The van der Waals surface area contributed by atoms with Crippen molar-refractivity contribution in [2.45, 2.75) is 41.0 Å². The first-order valence-corrected chi connectivity index (χ1v) is 5.48. The van der Waals surface area contributed by atoms with Crippen molar-refractivity contribution in [2.75, 3.05) is 6.61 Å². The molecule has 0 radical (unpaired) electrons. The molecule has 1 rings (SSSR count). The lowest BCUT2D eigenvalue weighted by Crippen LogP contribution is -2.18. The van der Waals surface area contributed by atoms with Crippen molar-refractivity contribution in [1.29, 1.82) is 0 Å². The maximum atomic E-state index is 10.7. The van der Waals surface area contributed by atoms with E-state index in [0.29, 0.717) is 29.8 Å². The van der Waals surface area contributed by atoms with Gasteiger partial charge in [0.25, 0.3) is 0 Å². The molecule has 0 aromatic rings. The Hall–Kier alpha value is -0.530. The Morgan fingerprint density at radius 1 is 1.43 bits per heavy atom. The van der Waals surface area contributed by atoms with Crippen molar-refractivity contribution in [3.63, 3.8) is 0 Å². The molecular formula is C12H22O2. The first kappa shape index (κ1) is 11.5. The lowest BCUT2D eigenvalue weighted by atomic mass is 9.81. The monoisotopic (exact) mass is 198 g/mol. The fraction of sp³-hybridized carbons (Fsp3) is 0.917. The summed E-state index contributed by atoms with van der Waals surface area (Å²) < 4.78 is 5.10. The average molecular weight is 198 g/mol. The molecule has 3 atom stereocenters. The Bertz CT molecular complexity index is 220. The molecule has 0 saturated heterocycles. The van der Waals surface area contributed by atoms with Crippen LogP contribution < -0.4 is 0 Å². The molecular weight excluding hydrogens is 176 g/mol. The van der Waals surface area contributed by atoms with Gasteiger partial charge < -0.3 is 4.74 Å². The fourth-order valence-corrected chi connectivity index (χ4v) is 2.60. The summed E-state index contributed by atoms with van der Waals surface area (Å²) in [6, 6.07) is 0. The van der Waals surface area contributed by atoms with Crippen LogP contribution in [0.15, 0.2) is 0 Å². The third-order valence-corrected chi connectivity index (χ3v) is 4.05. The second-order valence-electron chi connectivity index (χ2n) is 5.40. The fourth-order valence-electron chi connectivity index (χ4n) is 2.60. The van der Waals surface area contributed by atoms with Gasteiger partial charge in [0.2, 0.25) is 0 Å². The highest BCUT2D eigenvalue weighted by molar-refractivity contribution is 5.65. The molecule has 0 heterocycles. The van der Waals surface area contributed by atoms with E-state index in [-0.39, 0.29) is 5.97 Å². The second-order valence-corrected chi connectivity index (χ2v) is 5.40. The molecule has 2 nitrogen and oxygen atoms in total. The summed E-state index contributed by atoms with van der Waals surface area (Å²) in [5.41, 5.74) is 0.393. The van der Waals surface area contributed by atoms with E-state index in [0.717, 1.165) is 0 Å². The van der Waals surface area contributed by atoms with Gasteiger partial charge in [-0.05, 0) is 29.6 Å². The predicted octanol–water partition coefficient (Wildman–Crippen LogP) is 2.87. The van der Waals surface area contributed by atoms with Gasteiger partial charge in [0.15, 0.2) is 0 Å². The number of rotatable bonds is 2. The predicted molar refractivity (Wildman–Crippen MR) is 56.8 cm³/mol. The zero-order valence-electron chi connectivity index (χ0n) is 9.96. The molecule has 0 aromatic carbocycles. The summed E-state index contributed by atoms with van der Waals surface area (Å²) in [4.78, 5) is 10.7. The van der Waals surface area contributed by atoms with Crippen LogP contribution in [0.4, 0.5) is 0 Å². The first-order chi connectivity index (χ1) is 6.34. The molecule has 1 aliphatic carbocycles. The largest absolute Gasteiger partial charge is 0.466 e. The molecule has 0 unspecified atom stereocenters. The Morgan fingerprint density at radius 2 is 2.00 bits per heavy atom. The lowest BCUT2D eigenvalue weighted by Gasteiger charge is -2.25. The third kappa shape index (κ3) is 2.28. The number of hydrogen-bond donors (Lipinski definition) is 0. The Balaban J connectivity index is 2.53. The normalized spacial score (nSPS) is 35.6. The van der Waals surface area contributed by atoms with Crippen molar-refractivity contribution in [1.82, 2.24) is 0 Å². The van der Waals surface area contributed by atoms with Gasteiger partial charge in [-0.25, -0.2) is 0 Å². The maximum absolute atomic E-state index is 10.7. The van der Waals surface area contributed by atoms with Crippen LogP contribution in [0.3, 0.4) is 0 Å². The molecule has 0 N–H and O–H groups in total. The molecule has 0 aliphatic heterocycles. The van der Waals surface area contributed by atoms with E-state index < -0.39 is 0 Å². The molecule has 1 saturated carbocycles. The Kier molecular flexibility index (Phi) is 3.23. The first-order valence-electron chi connectivity index (χ1n) is 5.48. The van der Waals surface area contributed by atoms with Crippen molar-refractivity contribution < 1.29 is 9.53 Å². The molecule has 0 amide bonds. The van der Waals surface area contributed by atoms with E-state index >= 15 is 0 Å². The van der Waals surface area contributed by atoms with E-state index in [4.69, 9.17) is 4.74 Å². The summed E-state index contributed by atoms with van der Waals surface area (Å²) in [6.07, 6.45) is 1.17.